The lowest BCUT2D eigenvalue weighted by Crippen LogP contribution is -2.31. The van der Waals surface area contributed by atoms with Crippen LogP contribution >= 0.6 is 23.1 Å². The molecule has 1 amide bonds. The van der Waals surface area contributed by atoms with Crippen molar-refractivity contribution < 1.29 is 13.2 Å². The van der Waals surface area contributed by atoms with Crippen LogP contribution in [0.3, 0.4) is 0 Å². The number of nitrogens with one attached hydrogen (secondary N) is 1. The summed E-state index contributed by atoms with van der Waals surface area (Å²) in [6, 6.07) is 4.61. The molecule has 2 rings (SSSR count). The zero-order valence-corrected chi connectivity index (χ0v) is 13.1. The van der Waals surface area contributed by atoms with Crippen LogP contribution in [0.25, 0.3) is 0 Å². The largest absolute Gasteiger partial charge is 0.268 e. The first kappa shape index (κ1) is 15.0. The van der Waals surface area contributed by atoms with Crippen molar-refractivity contribution in [2.75, 3.05) is 0 Å². The Balaban J connectivity index is 2.35. The molecule has 5 nitrogen and oxygen atoms in total. The van der Waals surface area contributed by atoms with Crippen LogP contribution in [0, 0.1) is 13.8 Å². The lowest BCUT2D eigenvalue weighted by Gasteiger charge is -2.09. The summed E-state index contributed by atoms with van der Waals surface area (Å²) in [6.07, 6.45) is 0. The number of sulfonamides is 1. The molecule has 0 unspecified atom stereocenters. The molecule has 0 radical (unpaired) electrons. The van der Waals surface area contributed by atoms with E-state index in [9.17, 15) is 13.2 Å². The SMILES string of the molecule is Cc1cccc(S(=O)(=O)NC(=O)c2csnc2C)c1Cl. The summed E-state index contributed by atoms with van der Waals surface area (Å²) in [7, 11) is -4.01. The van der Waals surface area contributed by atoms with Crippen LogP contribution in [0.15, 0.2) is 28.5 Å². The maximum Gasteiger partial charge on any atom is 0.267 e. The molecule has 0 aliphatic carbocycles. The van der Waals surface area contributed by atoms with Gasteiger partial charge in [-0.05, 0) is 37.0 Å². The van der Waals surface area contributed by atoms with Crippen molar-refractivity contribution in [3.05, 3.63) is 45.4 Å². The van der Waals surface area contributed by atoms with Gasteiger partial charge in [0.15, 0.2) is 0 Å². The molecule has 0 aliphatic heterocycles. The molecule has 1 aromatic heterocycles. The Kier molecular flexibility index (Phi) is 4.12. The average molecular weight is 331 g/mol. The second kappa shape index (κ2) is 5.51. The van der Waals surface area contributed by atoms with Crippen LogP contribution < -0.4 is 4.72 Å². The molecule has 0 aliphatic rings. The molecular weight excluding hydrogens is 320 g/mol. The van der Waals surface area contributed by atoms with Gasteiger partial charge in [-0.15, -0.1) is 0 Å². The van der Waals surface area contributed by atoms with Crippen LogP contribution in [-0.2, 0) is 10.0 Å². The van der Waals surface area contributed by atoms with Crippen molar-refractivity contribution in [3.8, 4) is 0 Å². The number of aryl methyl sites for hydroxylation is 2. The molecule has 1 aromatic carbocycles. The molecule has 1 N–H and O–H groups in total. The normalized spacial score (nSPS) is 11.3. The molecule has 0 atom stereocenters. The van der Waals surface area contributed by atoms with Crippen LogP contribution in [0.1, 0.15) is 21.6 Å². The number of hydrogen-bond acceptors (Lipinski definition) is 5. The first-order chi connectivity index (χ1) is 9.33. The van der Waals surface area contributed by atoms with E-state index >= 15 is 0 Å². The monoisotopic (exact) mass is 330 g/mol. The molecule has 106 valence electrons. The number of aromatic nitrogens is 1. The second-order valence-corrected chi connectivity index (χ2v) is 6.79. The highest BCUT2D eigenvalue weighted by Gasteiger charge is 2.23. The van der Waals surface area contributed by atoms with Gasteiger partial charge in [0.05, 0.1) is 16.3 Å². The Bertz CT molecular complexity index is 769. The van der Waals surface area contributed by atoms with Gasteiger partial charge < -0.3 is 0 Å². The summed E-state index contributed by atoms with van der Waals surface area (Å²) in [6.45, 7) is 3.33. The second-order valence-electron chi connectivity index (χ2n) is 4.14. The zero-order chi connectivity index (χ0) is 14.9. The topological polar surface area (TPSA) is 76.1 Å². The first-order valence-electron chi connectivity index (χ1n) is 5.56. The van der Waals surface area contributed by atoms with Gasteiger partial charge in [-0.1, -0.05) is 23.7 Å². The van der Waals surface area contributed by atoms with Crippen LogP contribution in [0.2, 0.25) is 5.02 Å². The fourth-order valence-electron chi connectivity index (χ4n) is 1.57. The minimum absolute atomic E-state index is 0.105. The quantitative estimate of drug-likeness (QED) is 0.938. The molecule has 0 saturated carbocycles. The van der Waals surface area contributed by atoms with Gasteiger partial charge in [0.1, 0.15) is 4.90 Å². The highest BCUT2D eigenvalue weighted by Crippen LogP contribution is 2.24. The average Bonchev–Trinajstić information content (AvgIpc) is 2.78. The lowest BCUT2D eigenvalue weighted by atomic mass is 10.2. The van der Waals surface area contributed by atoms with E-state index in [-0.39, 0.29) is 15.5 Å². The number of nitrogens with zero attached hydrogens (tertiary/aromatic N) is 1. The van der Waals surface area contributed by atoms with E-state index in [0.29, 0.717) is 11.3 Å². The standard InChI is InChI=1S/C12H11ClN2O3S2/c1-7-4-3-5-10(11(7)13)20(17,18)15-12(16)9-6-19-14-8(9)2/h3-6H,1-2H3,(H,15,16). The molecular formula is C12H11ClN2O3S2. The number of hydrogen-bond donors (Lipinski definition) is 1. The summed E-state index contributed by atoms with van der Waals surface area (Å²) in [5.41, 5.74) is 1.34. The van der Waals surface area contributed by atoms with Gasteiger partial charge in [-0.2, -0.15) is 4.37 Å². The predicted molar refractivity (Wildman–Crippen MR) is 77.7 cm³/mol. The van der Waals surface area contributed by atoms with Gasteiger partial charge >= 0.3 is 0 Å². The highest BCUT2D eigenvalue weighted by atomic mass is 35.5. The van der Waals surface area contributed by atoms with Gasteiger partial charge in [-0.25, -0.2) is 13.1 Å². The van der Waals surface area contributed by atoms with Crippen molar-refractivity contribution in [2.45, 2.75) is 18.7 Å². The van der Waals surface area contributed by atoms with Gasteiger partial charge in [0.2, 0.25) is 0 Å². The Morgan fingerprint density at radius 2 is 2.05 bits per heavy atom. The summed E-state index contributed by atoms with van der Waals surface area (Å²) < 4.78 is 30.3. The third-order valence-corrected chi connectivity index (χ3v) is 5.38. The number of rotatable bonds is 3. The van der Waals surface area contributed by atoms with Crippen molar-refractivity contribution in [2.24, 2.45) is 0 Å². The molecule has 20 heavy (non-hydrogen) atoms. The van der Waals surface area contributed by atoms with Crippen molar-refractivity contribution in [1.82, 2.24) is 9.10 Å². The Hall–Kier alpha value is -1.44. The van der Waals surface area contributed by atoms with Crippen molar-refractivity contribution in [3.63, 3.8) is 0 Å². The molecule has 8 heteroatoms. The van der Waals surface area contributed by atoms with Crippen molar-refractivity contribution >= 4 is 39.1 Å². The van der Waals surface area contributed by atoms with E-state index in [2.05, 4.69) is 4.37 Å². The fraction of sp³-hybridized carbons (Fsp3) is 0.167. The molecule has 0 saturated heterocycles. The number of amides is 1. The molecule has 0 bridgehead atoms. The van der Waals surface area contributed by atoms with Crippen LogP contribution in [0.4, 0.5) is 0 Å². The van der Waals surface area contributed by atoms with E-state index < -0.39 is 15.9 Å². The minimum atomic E-state index is -4.01. The van der Waals surface area contributed by atoms with Crippen molar-refractivity contribution in [1.29, 1.82) is 0 Å². The number of benzene rings is 1. The molecule has 2 aromatic rings. The lowest BCUT2D eigenvalue weighted by molar-refractivity contribution is 0.0981. The first-order valence-corrected chi connectivity index (χ1v) is 8.26. The molecule has 0 fully saturated rings. The maximum absolute atomic E-state index is 12.2. The van der Waals surface area contributed by atoms with E-state index in [1.165, 1.54) is 11.4 Å². The maximum atomic E-state index is 12.2. The Labute approximate surface area is 125 Å². The van der Waals surface area contributed by atoms with Crippen LogP contribution in [-0.4, -0.2) is 18.7 Å². The summed E-state index contributed by atoms with van der Waals surface area (Å²) >= 11 is 7.07. The third kappa shape index (κ3) is 2.84. The summed E-state index contributed by atoms with van der Waals surface area (Å²) in [5.74, 6) is -0.714. The predicted octanol–water partition coefficient (Wildman–Crippen LogP) is 2.53. The van der Waals surface area contributed by atoms with Gasteiger partial charge in [-0.3, -0.25) is 4.79 Å². The van der Waals surface area contributed by atoms with E-state index in [4.69, 9.17) is 11.6 Å². The van der Waals surface area contributed by atoms with Gasteiger partial charge in [0, 0.05) is 5.38 Å². The number of halogens is 1. The summed E-state index contributed by atoms with van der Waals surface area (Å²) in [4.78, 5) is 11.8. The smallest absolute Gasteiger partial charge is 0.267 e. The van der Waals surface area contributed by atoms with Gasteiger partial charge in [0.25, 0.3) is 15.9 Å². The minimum Gasteiger partial charge on any atom is -0.268 e. The number of carbonyl (C=O) groups excluding carboxylic acids is 1. The Morgan fingerprint density at radius 3 is 2.65 bits per heavy atom. The van der Waals surface area contributed by atoms with E-state index in [0.717, 1.165) is 11.5 Å². The van der Waals surface area contributed by atoms with E-state index in [1.807, 2.05) is 4.72 Å². The molecule has 0 spiro atoms. The van der Waals surface area contributed by atoms with E-state index in [1.54, 1.807) is 26.0 Å². The summed E-state index contributed by atoms with van der Waals surface area (Å²) in [5, 5.41) is 1.60. The molecule has 1 heterocycles. The Morgan fingerprint density at radius 1 is 1.35 bits per heavy atom. The third-order valence-electron chi connectivity index (χ3n) is 2.67. The van der Waals surface area contributed by atoms with Crippen LogP contribution in [0.5, 0.6) is 0 Å². The highest BCUT2D eigenvalue weighted by molar-refractivity contribution is 7.90. The fourth-order valence-corrected chi connectivity index (χ4v) is 3.81. The number of carbonyl (C=O) groups is 1. The zero-order valence-electron chi connectivity index (χ0n) is 10.7.